The van der Waals surface area contributed by atoms with Crippen molar-refractivity contribution in [1.82, 2.24) is 4.90 Å². The number of hydrogen-bond donors (Lipinski definition) is 1. The van der Waals surface area contributed by atoms with Gasteiger partial charge in [-0.3, -0.25) is 9.69 Å². The molecule has 1 aliphatic rings. The molecule has 0 bridgehead atoms. The first-order chi connectivity index (χ1) is 8.25. The fraction of sp³-hybridized carbons (Fsp3) is 0.500. The molecule has 0 saturated carbocycles. The molecule has 1 atom stereocenters. The molecule has 1 fully saturated rings. The van der Waals surface area contributed by atoms with Crippen LogP contribution in [0.3, 0.4) is 0 Å². The fourth-order valence-electron chi connectivity index (χ4n) is 2.54. The van der Waals surface area contributed by atoms with E-state index >= 15 is 0 Å². The van der Waals surface area contributed by atoms with Crippen molar-refractivity contribution >= 4 is 5.97 Å². The number of aliphatic carboxylic acids is 1. The highest BCUT2D eigenvalue weighted by Gasteiger charge is 2.25. The molecule has 0 amide bonds. The molecule has 1 aliphatic heterocycles. The summed E-state index contributed by atoms with van der Waals surface area (Å²) in [7, 11) is 0. The van der Waals surface area contributed by atoms with Crippen LogP contribution in [0.25, 0.3) is 0 Å². The van der Waals surface area contributed by atoms with Crippen LogP contribution >= 0.6 is 0 Å². The van der Waals surface area contributed by atoms with Crippen molar-refractivity contribution < 1.29 is 9.90 Å². The number of benzene rings is 1. The summed E-state index contributed by atoms with van der Waals surface area (Å²) >= 11 is 0. The summed E-state index contributed by atoms with van der Waals surface area (Å²) in [6.45, 7) is 2.02. The Labute approximate surface area is 102 Å². The minimum absolute atomic E-state index is 0.246. The first-order valence-corrected chi connectivity index (χ1v) is 6.25. The van der Waals surface area contributed by atoms with Gasteiger partial charge in [0.2, 0.25) is 0 Å². The number of carboxylic acids is 1. The van der Waals surface area contributed by atoms with E-state index in [-0.39, 0.29) is 12.5 Å². The minimum atomic E-state index is -0.679. The van der Waals surface area contributed by atoms with Crippen LogP contribution in [0.15, 0.2) is 30.3 Å². The third-order valence-electron chi connectivity index (χ3n) is 3.44. The summed E-state index contributed by atoms with van der Waals surface area (Å²) in [5, 5.41) is 8.85. The Hall–Kier alpha value is -1.35. The Bertz CT molecular complexity index is 364. The topological polar surface area (TPSA) is 40.5 Å². The van der Waals surface area contributed by atoms with Crippen molar-refractivity contribution in [3.8, 4) is 0 Å². The lowest BCUT2D eigenvalue weighted by molar-refractivity contribution is -0.138. The molecule has 1 aromatic carbocycles. The third kappa shape index (κ3) is 3.56. The van der Waals surface area contributed by atoms with Gasteiger partial charge in [0.25, 0.3) is 0 Å². The zero-order valence-corrected chi connectivity index (χ0v) is 10.0. The Morgan fingerprint density at radius 1 is 1.35 bits per heavy atom. The van der Waals surface area contributed by atoms with Crippen molar-refractivity contribution in [3.63, 3.8) is 0 Å². The average molecular weight is 233 g/mol. The Kier molecular flexibility index (Phi) is 4.15. The molecule has 17 heavy (non-hydrogen) atoms. The largest absolute Gasteiger partial charge is 0.481 e. The van der Waals surface area contributed by atoms with Crippen LogP contribution in [0.2, 0.25) is 0 Å². The van der Waals surface area contributed by atoms with Gasteiger partial charge in [0.15, 0.2) is 0 Å². The third-order valence-corrected chi connectivity index (χ3v) is 3.44. The molecule has 1 unspecified atom stereocenters. The van der Waals surface area contributed by atoms with Crippen LogP contribution in [0, 0.1) is 0 Å². The van der Waals surface area contributed by atoms with Gasteiger partial charge in [0, 0.05) is 12.6 Å². The summed E-state index contributed by atoms with van der Waals surface area (Å²) in [6, 6.07) is 10.6. The van der Waals surface area contributed by atoms with Gasteiger partial charge >= 0.3 is 5.97 Å². The highest BCUT2D eigenvalue weighted by molar-refractivity contribution is 5.67. The lowest BCUT2D eigenvalue weighted by Gasteiger charge is -2.22. The Balaban J connectivity index is 1.84. The number of carboxylic acid groups (broad SMARTS) is 1. The fourth-order valence-corrected chi connectivity index (χ4v) is 2.54. The summed E-state index contributed by atoms with van der Waals surface area (Å²) in [4.78, 5) is 13.1. The van der Waals surface area contributed by atoms with Crippen LogP contribution in [0.1, 0.15) is 24.8 Å². The van der Waals surface area contributed by atoms with Gasteiger partial charge in [-0.1, -0.05) is 30.3 Å². The normalized spacial score (nSPS) is 20.6. The Morgan fingerprint density at radius 2 is 2.12 bits per heavy atom. The highest BCUT2D eigenvalue weighted by atomic mass is 16.4. The van der Waals surface area contributed by atoms with Crippen molar-refractivity contribution in [2.45, 2.75) is 31.7 Å². The zero-order chi connectivity index (χ0) is 12.1. The molecule has 0 radical (unpaired) electrons. The summed E-state index contributed by atoms with van der Waals surface area (Å²) in [6.07, 6.45) is 3.46. The van der Waals surface area contributed by atoms with Gasteiger partial charge in [-0.15, -0.1) is 0 Å². The molecule has 1 N–H and O–H groups in total. The van der Waals surface area contributed by atoms with Crippen molar-refractivity contribution in [3.05, 3.63) is 35.9 Å². The van der Waals surface area contributed by atoms with E-state index in [1.807, 2.05) is 18.2 Å². The molecule has 0 spiro atoms. The molecule has 1 saturated heterocycles. The van der Waals surface area contributed by atoms with Crippen molar-refractivity contribution in [2.24, 2.45) is 0 Å². The molecule has 3 heteroatoms. The van der Waals surface area contributed by atoms with E-state index in [0.29, 0.717) is 0 Å². The second-order valence-electron chi connectivity index (χ2n) is 4.67. The second kappa shape index (κ2) is 5.82. The van der Waals surface area contributed by atoms with Gasteiger partial charge in [-0.25, -0.2) is 0 Å². The lowest BCUT2D eigenvalue weighted by atomic mass is 10.1. The predicted molar refractivity (Wildman–Crippen MR) is 67.0 cm³/mol. The van der Waals surface area contributed by atoms with Crippen molar-refractivity contribution in [2.75, 3.05) is 13.1 Å². The SMILES string of the molecule is O=C(O)CC1CCCN1CCc1ccccc1. The minimum Gasteiger partial charge on any atom is -0.481 e. The average Bonchev–Trinajstić information content (AvgIpc) is 2.74. The van der Waals surface area contributed by atoms with E-state index in [9.17, 15) is 4.79 Å². The Morgan fingerprint density at radius 3 is 2.82 bits per heavy atom. The molecular formula is C14H19NO2. The van der Waals surface area contributed by atoms with Gasteiger partial charge in [-0.2, -0.15) is 0 Å². The quantitative estimate of drug-likeness (QED) is 0.847. The van der Waals surface area contributed by atoms with E-state index in [2.05, 4.69) is 17.0 Å². The molecular weight excluding hydrogens is 214 g/mol. The first kappa shape index (κ1) is 12.1. The van der Waals surface area contributed by atoms with E-state index in [0.717, 1.165) is 32.4 Å². The molecule has 2 rings (SSSR count). The van der Waals surface area contributed by atoms with Gasteiger partial charge < -0.3 is 5.11 Å². The lowest BCUT2D eigenvalue weighted by Crippen LogP contribution is -2.33. The van der Waals surface area contributed by atoms with Crippen LogP contribution < -0.4 is 0 Å². The highest BCUT2D eigenvalue weighted by Crippen LogP contribution is 2.20. The number of hydrogen-bond acceptors (Lipinski definition) is 2. The maximum atomic E-state index is 10.7. The van der Waals surface area contributed by atoms with Crippen LogP contribution in [-0.4, -0.2) is 35.1 Å². The van der Waals surface area contributed by atoms with Gasteiger partial charge in [-0.05, 0) is 31.4 Å². The molecule has 0 aromatic heterocycles. The maximum Gasteiger partial charge on any atom is 0.304 e. The number of likely N-dealkylation sites (tertiary alicyclic amines) is 1. The van der Waals surface area contributed by atoms with Crippen molar-refractivity contribution in [1.29, 1.82) is 0 Å². The molecule has 3 nitrogen and oxygen atoms in total. The monoisotopic (exact) mass is 233 g/mol. The second-order valence-corrected chi connectivity index (χ2v) is 4.67. The van der Waals surface area contributed by atoms with Crippen LogP contribution in [-0.2, 0) is 11.2 Å². The smallest absolute Gasteiger partial charge is 0.304 e. The number of carbonyl (C=O) groups is 1. The van der Waals surface area contributed by atoms with E-state index < -0.39 is 5.97 Å². The van der Waals surface area contributed by atoms with E-state index in [4.69, 9.17) is 5.11 Å². The van der Waals surface area contributed by atoms with E-state index in [1.54, 1.807) is 0 Å². The summed E-state index contributed by atoms with van der Waals surface area (Å²) in [5.74, 6) is -0.679. The number of rotatable bonds is 5. The predicted octanol–water partition coefficient (Wildman–Crippen LogP) is 2.17. The summed E-state index contributed by atoms with van der Waals surface area (Å²) in [5.41, 5.74) is 1.33. The molecule has 0 aliphatic carbocycles. The summed E-state index contributed by atoms with van der Waals surface area (Å²) < 4.78 is 0. The molecule has 92 valence electrons. The number of nitrogens with zero attached hydrogens (tertiary/aromatic N) is 1. The van der Waals surface area contributed by atoms with Gasteiger partial charge in [0.05, 0.1) is 6.42 Å². The zero-order valence-electron chi connectivity index (χ0n) is 10.0. The maximum absolute atomic E-state index is 10.7. The van der Waals surface area contributed by atoms with Crippen LogP contribution in [0.4, 0.5) is 0 Å². The molecule has 1 aromatic rings. The van der Waals surface area contributed by atoms with E-state index in [1.165, 1.54) is 5.56 Å². The molecule has 1 heterocycles. The first-order valence-electron chi connectivity index (χ1n) is 6.25. The standard InChI is InChI=1S/C14H19NO2/c16-14(17)11-13-7-4-9-15(13)10-8-12-5-2-1-3-6-12/h1-3,5-6,13H,4,7-11H2,(H,16,17). The van der Waals surface area contributed by atoms with Crippen LogP contribution in [0.5, 0.6) is 0 Å². The van der Waals surface area contributed by atoms with Gasteiger partial charge in [0.1, 0.15) is 0 Å².